The summed E-state index contributed by atoms with van der Waals surface area (Å²) in [5, 5.41) is 12.6. The summed E-state index contributed by atoms with van der Waals surface area (Å²) in [6.07, 6.45) is 4.50. The van der Waals surface area contributed by atoms with Crippen LogP contribution in [0.5, 0.6) is 5.75 Å². The first-order chi connectivity index (χ1) is 17.0. The Morgan fingerprint density at radius 3 is 2.80 bits per heavy atom. The van der Waals surface area contributed by atoms with Crippen LogP contribution in [0.25, 0.3) is 10.8 Å². The predicted molar refractivity (Wildman–Crippen MR) is 130 cm³/mol. The Kier molecular flexibility index (Phi) is 6.33. The van der Waals surface area contributed by atoms with Crippen LogP contribution >= 0.6 is 0 Å². The van der Waals surface area contributed by atoms with Crippen LogP contribution < -0.4 is 15.4 Å². The van der Waals surface area contributed by atoms with Crippen molar-refractivity contribution in [1.29, 1.82) is 0 Å². The van der Waals surface area contributed by atoms with Gasteiger partial charge in [0.2, 0.25) is 0 Å². The van der Waals surface area contributed by atoms with E-state index >= 15 is 0 Å². The van der Waals surface area contributed by atoms with Gasteiger partial charge in [0, 0.05) is 37.0 Å². The fourth-order valence-corrected chi connectivity index (χ4v) is 4.21. The summed E-state index contributed by atoms with van der Waals surface area (Å²) in [5.74, 6) is 0.0718. The van der Waals surface area contributed by atoms with Crippen LogP contribution in [-0.2, 0) is 11.8 Å². The second-order valence-corrected chi connectivity index (χ2v) is 8.55. The number of methoxy groups -OCH3 is 1. The standard InChI is InChI=1S/C26H26FN5O3/c1-32-9-7-22(31-32)25(16-5-6-23(34-2)21(27)12-16)30-26(33)17-3-4-18-14-28-24(13-19(18)11-17)29-20-8-10-35-15-20/h3-7,9,11-14,20,25H,8,10,15H2,1-2H3,(H,28,29)(H,30,33)/t20?,25-/m0/s1. The molecule has 8 nitrogen and oxygen atoms in total. The maximum Gasteiger partial charge on any atom is 0.252 e. The maximum atomic E-state index is 14.5. The van der Waals surface area contributed by atoms with Gasteiger partial charge < -0.3 is 20.1 Å². The number of hydrogen-bond donors (Lipinski definition) is 2. The Bertz CT molecular complexity index is 1370. The molecular formula is C26H26FN5O3. The van der Waals surface area contributed by atoms with Gasteiger partial charge in [-0.15, -0.1) is 0 Å². The molecule has 9 heteroatoms. The summed E-state index contributed by atoms with van der Waals surface area (Å²) in [7, 11) is 3.20. The van der Waals surface area contributed by atoms with Crippen molar-refractivity contribution in [2.75, 3.05) is 25.6 Å². The first kappa shape index (κ1) is 22.8. The lowest BCUT2D eigenvalue weighted by molar-refractivity contribution is 0.0942. The molecule has 1 amide bonds. The summed E-state index contributed by atoms with van der Waals surface area (Å²) in [6, 6.07) is 13.4. The highest BCUT2D eigenvalue weighted by molar-refractivity contribution is 5.99. The van der Waals surface area contributed by atoms with Crippen molar-refractivity contribution in [3.63, 3.8) is 0 Å². The molecule has 180 valence electrons. The molecule has 3 heterocycles. The monoisotopic (exact) mass is 475 g/mol. The van der Waals surface area contributed by atoms with Crippen LogP contribution in [0.3, 0.4) is 0 Å². The lowest BCUT2D eigenvalue weighted by atomic mass is 10.0. The quantitative estimate of drug-likeness (QED) is 0.422. The fraction of sp³-hybridized carbons (Fsp3) is 0.269. The molecule has 1 fully saturated rings. The fourth-order valence-electron chi connectivity index (χ4n) is 4.21. The highest BCUT2D eigenvalue weighted by Gasteiger charge is 2.22. The number of carbonyl (C=O) groups is 1. The van der Waals surface area contributed by atoms with Crippen molar-refractivity contribution in [1.82, 2.24) is 20.1 Å². The van der Waals surface area contributed by atoms with E-state index < -0.39 is 11.9 Å². The number of nitrogens with zero attached hydrogens (tertiary/aromatic N) is 3. The van der Waals surface area contributed by atoms with Gasteiger partial charge in [-0.2, -0.15) is 5.10 Å². The zero-order valence-corrected chi connectivity index (χ0v) is 19.5. The molecule has 35 heavy (non-hydrogen) atoms. The number of anilines is 1. The van der Waals surface area contributed by atoms with Crippen LogP contribution in [-0.4, -0.2) is 47.0 Å². The molecule has 0 radical (unpaired) electrons. The molecule has 2 aromatic heterocycles. The van der Waals surface area contributed by atoms with Gasteiger partial charge in [0.15, 0.2) is 11.6 Å². The third kappa shape index (κ3) is 4.95. The van der Waals surface area contributed by atoms with Crippen molar-refractivity contribution in [3.05, 3.63) is 83.6 Å². The summed E-state index contributed by atoms with van der Waals surface area (Å²) in [5.41, 5.74) is 1.64. The van der Waals surface area contributed by atoms with Crippen molar-refractivity contribution < 1.29 is 18.7 Å². The van der Waals surface area contributed by atoms with E-state index in [1.54, 1.807) is 48.4 Å². The van der Waals surface area contributed by atoms with Gasteiger partial charge in [0.1, 0.15) is 5.82 Å². The third-order valence-electron chi connectivity index (χ3n) is 6.08. The van der Waals surface area contributed by atoms with E-state index in [1.807, 2.05) is 18.2 Å². The highest BCUT2D eigenvalue weighted by Crippen LogP contribution is 2.27. The number of ether oxygens (including phenoxy) is 2. The van der Waals surface area contributed by atoms with Crippen molar-refractivity contribution in [2.24, 2.45) is 7.05 Å². The van der Waals surface area contributed by atoms with E-state index in [4.69, 9.17) is 9.47 Å². The number of aryl methyl sites for hydroxylation is 1. The second kappa shape index (κ2) is 9.71. The molecule has 4 aromatic rings. The van der Waals surface area contributed by atoms with Gasteiger partial charge in [-0.3, -0.25) is 9.48 Å². The SMILES string of the molecule is COc1ccc([C@H](NC(=O)c2ccc3cnc(NC4CCOC4)cc3c2)c2ccn(C)n2)cc1F. The first-order valence-electron chi connectivity index (χ1n) is 11.4. The summed E-state index contributed by atoms with van der Waals surface area (Å²) in [6.45, 7) is 1.40. The number of rotatable bonds is 7. The molecule has 0 aliphatic carbocycles. The van der Waals surface area contributed by atoms with E-state index in [0.29, 0.717) is 23.4 Å². The van der Waals surface area contributed by atoms with Gasteiger partial charge >= 0.3 is 0 Å². The van der Waals surface area contributed by atoms with Crippen molar-refractivity contribution in [2.45, 2.75) is 18.5 Å². The second-order valence-electron chi connectivity index (χ2n) is 8.55. The molecule has 1 unspecified atom stereocenters. The van der Waals surface area contributed by atoms with Gasteiger partial charge in [-0.1, -0.05) is 12.1 Å². The van der Waals surface area contributed by atoms with Gasteiger partial charge in [0.05, 0.1) is 31.5 Å². The van der Waals surface area contributed by atoms with E-state index in [2.05, 4.69) is 20.7 Å². The van der Waals surface area contributed by atoms with Crippen LogP contribution in [0.1, 0.15) is 34.1 Å². The summed E-state index contributed by atoms with van der Waals surface area (Å²) in [4.78, 5) is 17.8. The molecule has 5 rings (SSSR count). The minimum Gasteiger partial charge on any atom is -0.494 e. The zero-order chi connectivity index (χ0) is 24.4. The van der Waals surface area contributed by atoms with Gasteiger partial charge in [-0.05, 0) is 53.8 Å². The average Bonchev–Trinajstić information content (AvgIpc) is 3.53. The largest absolute Gasteiger partial charge is 0.494 e. The maximum absolute atomic E-state index is 14.5. The molecule has 2 aromatic carbocycles. The van der Waals surface area contributed by atoms with Crippen LogP contribution in [0.4, 0.5) is 10.2 Å². The lowest BCUT2D eigenvalue weighted by Crippen LogP contribution is -2.29. The highest BCUT2D eigenvalue weighted by atomic mass is 19.1. The van der Waals surface area contributed by atoms with Gasteiger partial charge in [0.25, 0.3) is 5.91 Å². The summed E-state index contributed by atoms with van der Waals surface area (Å²) < 4.78 is 26.6. The molecule has 1 saturated heterocycles. The Morgan fingerprint density at radius 1 is 1.20 bits per heavy atom. The van der Waals surface area contributed by atoms with Crippen LogP contribution in [0, 0.1) is 5.82 Å². The molecule has 2 N–H and O–H groups in total. The Morgan fingerprint density at radius 2 is 2.09 bits per heavy atom. The number of hydrogen-bond acceptors (Lipinski definition) is 6. The average molecular weight is 476 g/mol. The number of fused-ring (bicyclic) bond motifs is 1. The molecule has 0 spiro atoms. The molecular weight excluding hydrogens is 449 g/mol. The van der Waals surface area contributed by atoms with Crippen molar-refractivity contribution in [3.8, 4) is 5.75 Å². The number of aromatic nitrogens is 3. The number of amides is 1. The van der Waals surface area contributed by atoms with Crippen LogP contribution in [0.15, 0.2) is 60.9 Å². The first-order valence-corrected chi connectivity index (χ1v) is 11.4. The zero-order valence-electron chi connectivity index (χ0n) is 19.5. The molecule has 1 aliphatic heterocycles. The number of pyridine rings is 1. The third-order valence-corrected chi connectivity index (χ3v) is 6.08. The lowest BCUT2D eigenvalue weighted by Gasteiger charge is -2.18. The van der Waals surface area contributed by atoms with Crippen LogP contribution in [0.2, 0.25) is 0 Å². The van der Waals surface area contributed by atoms with E-state index in [9.17, 15) is 9.18 Å². The van der Waals surface area contributed by atoms with Crippen molar-refractivity contribution >= 4 is 22.5 Å². The topological polar surface area (TPSA) is 90.3 Å². The Balaban J connectivity index is 1.42. The Hall–Kier alpha value is -3.98. The minimum absolute atomic E-state index is 0.136. The van der Waals surface area contributed by atoms with E-state index in [1.165, 1.54) is 13.2 Å². The summed E-state index contributed by atoms with van der Waals surface area (Å²) >= 11 is 0. The minimum atomic E-state index is -0.642. The predicted octanol–water partition coefficient (Wildman–Crippen LogP) is 3.84. The normalized spacial score (nSPS) is 16.3. The Labute approximate surface area is 202 Å². The molecule has 2 atom stereocenters. The number of nitrogens with one attached hydrogen (secondary N) is 2. The van der Waals surface area contributed by atoms with E-state index in [0.717, 1.165) is 29.6 Å². The molecule has 1 aliphatic rings. The number of halogens is 1. The van der Waals surface area contributed by atoms with E-state index in [-0.39, 0.29) is 17.7 Å². The number of carbonyl (C=O) groups excluding carboxylic acids is 1. The van der Waals surface area contributed by atoms with Gasteiger partial charge in [-0.25, -0.2) is 9.37 Å². The smallest absolute Gasteiger partial charge is 0.252 e. The number of benzene rings is 2. The molecule has 0 saturated carbocycles. The molecule has 0 bridgehead atoms.